The SMILES string of the molecule is COc1cc(C)c(S(=O)(=O)N2CCNC(=O)C2c2ccccc2Cl)cc1C. The van der Waals surface area contributed by atoms with Crippen LogP contribution in [-0.2, 0) is 14.8 Å². The van der Waals surface area contributed by atoms with E-state index in [4.69, 9.17) is 16.3 Å². The van der Waals surface area contributed by atoms with Crippen molar-refractivity contribution in [2.75, 3.05) is 20.2 Å². The smallest absolute Gasteiger partial charge is 0.244 e. The fourth-order valence-electron chi connectivity index (χ4n) is 3.29. The van der Waals surface area contributed by atoms with Crippen molar-refractivity contribution in [2.45, 2.75) is 24.8 Å². The Hall–Kier alpha value is -2.09. The lowest BCUT2D eigenvalue weighted by Crippen LogP contribution is -2.52. The van der Waals surface area contributed by atoms with Crippen molar-refractivity contribution in [1.82, 2.24) is 9.62 Å². The second-order valence-electron chi connectivity index (χ2n) is 6.42. The quantitative estimate of drug-likeness (QED) is 0.844. The van der Waals surface area contributed by atoms with E-state index in [0.29, 0.717) is 27.5 Å². The predicted molar refractivity (Wildman–Crippen MR) is 104 cm³/mol. The third kappa shape index (κ3) is 3.54. The number of hydrogen-bond donors (Lipinski definition) is 1. The summed E-state index contributed by atoms with van der Waals surface area (Å²) >= 11 is 6.26. The molecule has 8 heteroatoms. The molecule has 1 heterocycles. The van der Waals surface area contributed by atoms with Gasteiger partial charge in [0.15, 0.2) is 0 Å². The highest BCUT2D eigenvalue weighted by molar-refractivity contribution is 7.89. The van der Waals surface area contributed by atoms with Gasteiger partial charge >= 0.3 is 0 Å². The number of carbonyl (C=O) groups excluding carboxylic acids is 1. The minimum Gasteiger partial charge on any atom is -0.496 e. The van der Waals surface area contributed by atoms with Crippen molar-refractivity contribution < 1.29 is 17.9 Å². The molecule has 2 aromatic rings. The number of amides is 1. The lowest BCUT2D eigenvalue weighted by atomic mass is 10.0. The molecule has 1 fully saturated rings. The zero-order chi connectivity index (χ0) is 19.8. The topological polar surface area (TPSA) is 75.7 Å². The molecule has 0 saturated carbocycles. The summed E-state index contributed by atoms with van der Waals surface area (Å²) in [5, 5.41) is 3.08. The van der Waals surface area contributed by atoms with E-state index in [9.17, 15) is 13.2 Å². The van der Waals surface area contributed by atoms with Crippen molar-refractivity contribution in [3.05, 3.63) is 58.1 Å². The number of piperazine rings is 1. The zero-order valence-electron chi connectivity index (χ0n) is 15.3. The van der Waals surface area contributed by atoms with Crippen LogP contribution in [0.3, 0.4) is 0 Å². The number of sulfonamides is 1. The molecule has 1 aliphatic heterocycles. The second kappa shape index (κ2) is 7.50. The standard InChI is InChI=1S/C19H21ClN2O4S/c1-12-11-17(13(2)10-16(12)26-3)27(24,25)22-9-8-21-19(23)18(22)14-6-4-5-7-15(14)20/h4-7,10-11,18H,8-9H2,1-3H3,(H,21,23). The van der Waals surface area contributed by atoms with E-state index in [1.54, 1.807) is 57.4 Å². The largest absolute Gasteiger partial charge is 0.496 e. The number of ether oxygens (including phenoxy) is 1. The Labute approximate surface area is 164 Å². The molecule has 0 aromatic heterocycles. The summed E-state index contributed by atoms with van der Waals surface area (Å²) in [5.74, 6) is 0.228. The fourth-order valence-corrected chi connectivity index (χ4v) is 5.39. The highest BCUT2D eigenvalue weighted by Crippen LogP contribution is 2.35. The van der Waals surface area contributed by atoms with Gasteiger partial charge in [0, 0.05) is 18.1 Å². The monoisotopic (exact) mass is 408 g/mol. The van der Waals surface area contributed by atoms with Crippen LogP contribution in [0, 0.1) is 13.8 Å². The van der Waals surface area contributed by atoms with Crippen LogP contribution in [0.25, 0.3) is 0 Å². The van der Waals surface area contributed by atoms with Crippen LogP contribution in [0.1, 0.15) is 22.7 Å². The molecule has 1 saturated heterocycles. The van der Waals surface area contributed by atoms with Crippen LogP contribution >= 0.6 is 11.6 Å². The molecule has 0 bridgehead atoms. The average molecular weight is 409 g/mol. The van der Waals surface area contributed by atoms with Gasteiger partial charge in [-0.25, -0.2) is 8.42 Å². The van der Waals surface area contributed by atoms with Crippen molar-refractivity contribution in [1.29, 1.82) is 0 Å². The summed E-state index contributed by atoms with van der Waals surface area (Å²) in [4.78, 5) is 12.8. The van der Waals surface area contributed by atoms with Gasteiger partial charge < -0.3 is 10.1 Å². The van der Waals surface area contributed by atoms with Crippen LogP contribution < -0.4 is 10.1 Å². The molecule has 1 N–H and O–H groups in total. The minimum absolute atomic E-state index is 0.160. The van der Waals surface area contributed by atoms with Crippen LogP contribution in [0.5, 0.6) is 5.75 Å². The molecule has 27 heavy (non-hydrogen) atoms. The highest BCUT2D eigenvalue weighted by Gasteiger charge is 2.41. The number of rotatable bonds is 4. The normalized spacial score (nSPS) is 18.2. The maximum Gasteiger partial charge on any atom is 0.244 e. The van der Waals surface area contributed by atoms with Crippen LogP contribution in [-0.4, -0.2) is 38.8 Å². The Morgan fingerprint density at radius 1 is 1.19 bits per heavy atom. The van der Waals surface area contributed by atoms with Gasteiger partial charge in [0.1, 0.15) is 11.8 Å². The van der Waals surface area contributed by atoms with Crippen LogP contribution in [0.2, 0.25) is 5.02 Å². The third-order valence-corrected chi connectivity index (χ3v) is 7.00. The Kier molecular flexibility index (Phi) is 5.46. The van der Waals surface area contributed by atoms with E-state index >= 15 is 0 Å². The fraction of sp³-hybridized carbons (Fsp3) is 0.316. The van der Waals surface area contributed by atoms with Gasteiger partial charge in [-0.15, -0.1) is 0 Å². The molecule has 144 valence electrons. The van der Waals surface area contributed by atoms with E-state index in [1.165, 1.54) is 4.31 Å². The molecule has 1 amide bonds. The van der Waals surface area contributed by atoms with Crippen molar-refractivity contribution >= 4 is 27.5 Å². The molecule has 0 radical (unpaired) electrons. The molecule has 0 spiro atoms. The van der Waals surface area contributed by atoms with E-state index in [-0.39, 0.29) is 23.9 Å². The molecule has 1 aliphatic rings. The Morgan fingerprint density at radius 3 is 2.56 bits per heavy atom. The summed E-state index contributed by atoms with van der Waals surface area (Å²) in [7, 11) is -2.39. The first-order chi connectivity index (χ1) is 12.8. The number of hydrogen-bond acceptors (Lipinski definition) is 4. The Morgan fingerprint density at radius 2 is 1.89 bits per heavy atom. The number of aryl methyl sites for hydroxylation is 2. The van der Waals surface area contributed by atoms with Crippen LogP contribution in [0.15, 0.2) is 41.3 Å². The molecule has 1 atom stereocenters. The minimum atomic E-state index is -3.93. The Balaban J connectivity index is 2.13. The lowest BCUT2D eigenvalue weighted by molar-refractivity contribution is -0.126. The summed E-state index contributed by atoms with van der Waals surface area (Å²) in [6.07, 6.45) is 0. The molecule has 3 rings (SSSR count). The van der Waals surface area contributed by atoms with Gasteiger partial charge in [0.25, 0.3) is 0 Å². The maximum atomic E-state index is 13.5. The van der Waals surface area contributed by atoms with Gasteiger partial charge in [0.2, 0.25) is 15.9 Å². The van der Waals surface area contributed by atoms with E-state index in [1.807, 2.05) is 0 Å². The molecule has 6 nitrogen and oxygen atoms in total. The summed E-state index contributed by atoms with van der Waals surface area (Å²) in [6, 6.07) is 9.05. The first-order valence-corrected chi connectivity index (χ1v) is 10.3. The first kappa shape index (κ1) is 19.7. The van der Waals surface area contributed by atoms with Gasteiger partial charge in [-0.2, -0.15) is 4.31 Å². The number of benzene rings is 2. The molecular formula is C19H21ClN2O4S. The van der Waals surface area contributed by atoms with Crippen molar-refractivity contribution in [3.8, 4) is 5.75 Å². The van der Waals surface area contributed by atoms with Gasteiger partial charge in [-0.3, -0.25) is 4.79 Å². The highest BCUT2D eigenvalue weighted by atomic mass is 35.5. The lowest BCUT2D eigenvalue weighted by Gasteiger charge is -2.35. The summed E-state index contributed by atoms with van der Waals surface area (Å²) < 4.78 is 33.4. The number of nitrogens with one attached hydrogen (secondary N) is 1. The molecule has 0 aliphatic carbocycles. The average Bonchev–Trinajstić information content (AvgIpc) is 2.63. The second-order valence-corrected chi connectivity index (χ2v) is 8.68. The maximum absolute atomic E-state index is 13.5. The van der Waals surface area contributed by atoms with Gasteiger partial charge in [-0.05, 0) is 48.7 Å². The molecular weight excluding hydrogens is 388 g/mol. The van der Waals surface area contributed by atoms with Crippen molar-refractivity contribution in [3.63, 3.8) is 0 Å². The predicted octanol–water partition coefficient (Wildman–Crippen LogP) is 2.83. The third-order valence-electron chi connectivity index (χ3n) is 4.65. The molecule has 1 unspecified atom stereocenters. The number of nitrogens with zero attached hydrogens (tertiary/aromatic N) is 1. The van der Waals surface area contributed by atoms with E-state index < -0.39 is 16.1 Å². The van der Waals surface area contributed by atoms with Crippen molar-refractivity contribution in [2.24, 2.45) is 0 Å². The first-order valence-electron chi connectivity index (χ1n) is 8.46. The van der Waals surface area contributed by atoms with Crippen LogP contribution in [0.4, 0.5) is 0 Å². The summed E-state index contributed by atoms with van der Waals surface area (Å²) in [6.45, 7) is 3.90. The number of methoxy groups -OCH3 is 1. The van der Waals surface area contributed by atoms with E-state index in [2.05, 4.69) is 5.32 Å². The summed E-state index contributed by atoms with van der Waals surface area (Å²) in [5.41, 5.74) is 1.72. The zero-order valence-corrected chi connectivity index (χ0v) is 16.9. The van der Waals surface area contributed by atoms with Gasteiger partial charge in [-0.1, -0.05) is 29.8 Å². The Bertz CT molecular complexity index is 991. The number of carbonyl (C=O) groups is 1. The van der Waals surface area contributed by atoms with Gasteiger partial charge in [0.05, 0.1) is 12.0 Å². The van der Waals surface area contributed by atoms with E-state index in [0.717, 1.165) is 0 Å². The number of halogens is 1. The molecule has 2 aromatic carbocycles.